The topological polar surface area (TPSA) is 15.3 Å². The van der Waals surface area contributed by atoms with Crippen LogP contribution >= 0.6 is 0 Å². The minimum Gasteiger partial charge on any atom is -0.313 e. The highest BCUT2D eigenvalue weighted by Gasteiger charge is 2.32. The van der Waals surface area contributed by atoms with E-state index in [1.807, 2.05) is 0 Å². The smallest absolute Gasteiger partial charge is 0.0207 e. The molecular formula is C13H28N2. The summed E-state index contributed by atoms with van der Waals surface area (Å²) >= 11 is 0. The third-order valence-electron chi connectivity index (χ3n) is 3.59. The van der Waals surface area contributed by atoms with Crippen LogP contribution in [-0.2, 0) is 0 Å². The van der Waals surface area contributed by atoms with Crippen LogP contribution in [0.1, 0.15) is 53.4 Å². The van der Waals surface area contributed by atoms with E-state index in [1.165, 1.54) is 45.3 Å². The zero-order valence-corrected chi connectivity index (χ0v) is 11.0. The van der Waals surface area contributed by atoms with E-state index in [2.05, 4.69) is 37.9 Å². The average molecular weight is 212 g/mol. The van der Waals surface area contributed by atoms with Crippen molar-refractivity contribution in [2.45, 2.75) is 65.0 Å². The first kappa shape index (κ1) is 13.0. The Morgan fingerprint density at radius 1 is 1.27 bits per heavy atom. The third-order valence-corrected chi connectivity index (χ3v) is 3.59. The molecule has 1 atom stereocenters. The number of rotatable bonds is 6. The standard InChI is InChI=1S/C13H28N2/c1-5-8-13(3,4)15-10-7-12(11-15)14-9-6-2/h12,14H,5-11H2,1-4H3. The van der Waals surface area contributed by atoms with Crippen molar-refractivity contribution < 1.29 is 0 Å². The predicted molar refractivity (Wildman–Crippen MR) is 67.3 cm³/mol. The molecule has 1 heterocycles. The normalized spacial score (nSPS) is 23.6. The summed E-state index contributed by atoms with van der Waals surface area (Å²) < 4.78 is 0. The van der Waals surface area contributed by atoms with Gasteiger partial charge in [0.2, 0.25) is 0 Å². The zero-order chi connectivity index (χ0) is 11.3. The van der Waals surface area contributed by atoms with Crippen molar-refractivity contribution in [1.82, 2.24) is 10.2 Å². The Morgan fingerprint density at radius 3 is 2.60 bits per heavy atom. The predicted octanol–water partition coefficient (Wildman–Crippen LogP) is 2.64. The van der Waals surface area contributed by atoms with Gasteiger partial charge in [0.1, 0.15) is 0 Å². The maximum atomic E-state index is 3.63. The molecule has 90 valence electrons. The molecule has 0 saturated carbocycles. The molecule has 1 saturated heterocycles. The van der Waals surface area contributed by atoms with Gasteiger partial charge in [-0.2, -0.15) is 0 Å². The Kier molecular flexibility index (Phi) is 5.07. The monoisotopic (exact) mass is 212 g/mol. The molecule has 0 aliphatic carbocycles. The summed E-state index contributed by atoms with van der Waals surface area (Å²) in [5, 5.41) is 3.63. The molecule has 0 spiro atoms. The summed E-state index contributed by atoms with van der Waals surface area (Å²) in [6.45, 7) is 13.0. The van der Waals surface area contributed by atoms with Crippen LogP contribution < -0.4 is 5.32 Å². The highest BCUT2D eigenvalue weighted by atomic mass is 15.2. The zero-order valence-electron chi connectivity index (χ0n) is 11.0. The van der Waals surface area contributed by atoms with Gasteiger partial charge in [-0.1, -0.05) is 20.3 Å². The van der Waals surface area contributed by atoms with E-state index in [4.69, 9.17) is 0 Å². The number of nitrogens with one attached hydrogen (secondary N) is 1. The van der Waals surface area contributed by atoms with Crippen molar-refractivity contribution in [3.63, 3.8) is 0 Å². The van der Waals surface area contributed by atoms with E-state index in [9.17, 15) is 0 Å². The van der Waals surface area contributed by atoms with E-state index in [0.29, 0.717) is 5.54 Å². The lowest BCUT2D eigenvalue weighted by molar-refractivity contribution is 0.139. The second kappa shape index (κ2) is 5.86. The quantitative estimate of drug-likeness (QED) is 0.728. The van der Waals surface area contributed by atoms with Crippen molar-refractivity contribution in [2.24, 2.45) is 0 Å². The van der Waals surface area contributed by atoms with Crippen LogP contribution in [0.5, 0.6) is 0 Å². The van der Waals surface area contributed by atoms with E-state index in [1.54, 1.807) is 0 Å². The number of hydrogen-bond donors (Lipinski definition) is 1. The average Bonchev–Trinajstić information content (AvgIpc) is 2.63. The Hall–Kier alpha value is -0.0800. The van der Waals surface area contributed by atoms with E-state index >= 15 is 0 Å². The van der Waals surface area contributed by atoms with Gasteiger partial charge in [-0.05, 0) is 39.7 Å². The van der Waals surface area contributed by atoms with Gasteiger partial charge in [0, 0.05) is 24.7 Å². The van der Waals surface area contributed by atoms with Gasteiger partial charge < -0.3 is 5.32 Å². The molecule has 1 unspecified atom stereocenters. The molecule has 0 bridgehead atoms. The fourth-order valence-corrected chi connectivity index (χ4v) is 2.60. The molecule has 2 heteroatoms. The molecule has 1 aliphatic heterocycles. The Labute approximate surface area is 95.4 Å². The van der Waals surface area contributed by atoms with Crippen LogP contribution in [0, 0.1) is 0 Å². The number of hydrogen-bond acceptors (Lipinski definition) is 2. The van der Waals surface area contributed by atoms with Gasteiger partial charge in [0.25, 0.3) is 0 Å². The third kappa shape index (κ3) is 3.76. The molecule has 1 aliphatic rings. The summed E-state index contributed by atoms with van der Waals surface area (Å²) in [6.07, 6.45) is 5.17. The van der Waals surface area contributed by atoms with Crippen LogP contribution in [-0.4, -0.2) is 36.1 Å². The lowest BCUT2D eigenvalue weighted by Crippen LogP contribution is -2.44. The maximum Gasteiger partial charge on any atom is 0.0207 e. The van der Waals surface area contributed by atoms with Gasteiger partial charge in [-0.15, -0.1) is 0 Å². The summed E-state index contributed by atoms with van der Waals surface area (Å²) in [5.74, 6) is 0. The second-order valence-electron chi connectivity index (χ2n) is 5.45. The molecule has 2 nitrogen and oxygen atoms in total. The molecule has 15 heavy (non-hydrogen) atoms. The first-order valence-electron chi connectivity index (χ1n) is 6.58. The minimum absolute atomic E-state index is 0.400. The van der Waals surface area contributed by atoms with Crippen molar-refractivity contribution >= 4 is 0 Å². The Balaban J connectivity index is 2.34. The molecular weight excluding hydrogens is 184 g/mol. The van der Waals surface area contributed by atoms with E-state index < -0.39 is 0 Å². The summed E-state index contributed by atoms with van der Waals surface area (Å²) in [5.41, 5.74) is 0.400. The Morgan fingerprint density at radius 2 is 2.00 bits per heavy atom. The number of nitrogens with zero attached hydrogens (tertiary/aromatic N) is 1. The first-order chi connectivity index (χ1) is 7.10. The van der Waals surface area contributed by atoms with Crippen LogP contribution in [0.4, 0.5) is 0 Å². The summed E-state index contributed by atoms with van der Waals surface area (Å²) in [7, 11) is 0. The van der Waals surface area contributed by atoms with E-state index in [-0.39, 0.29) is 0 Å². The second-order valence-corrected chi connectivity index (χ2v) is 5.45. The molecule has 0 amide bonds. The first-order valence-corrected chi connectivity index (χ1v) is 6.58. The van der Waals surface area contributed by atoms with Gasteiger partial charge in [-0.3, -0.25) is 4.90 Å². The fraction of sp³-hybridized carbons (Fsp3) is 1.00. The molecule has 1 N–H and O–H groups in total. The van der Waals surface area contributed by atoms with Crippen molar-refractivity contribution in [1.29, 1.82) is 0 Å². The van der Waals surface area contributed by atoms with Gasteiger partial charge in [-0.25, -0.2) is 0 Å². The largest absolute Gasteiger partial charge is 0.313 e. The molecule has 0 aromatic rings. The number of likely N-dealkylation sites (tertiary alicyclic amines) is 1. The SMILES string of the molecule is CCCNC1CCN(C(C)(C)CCC)C1. The van der Waals surface area contributed by atoms with Crippen LogP contribution in [0.25, 0.3) is 0 Å². The lowest BCUT2D eigenvalue weighted by Gasteiger charge is -2.35. The molecule has 0 radical (unpaired) electrons. The van der Waals surface area contributed by atoms with Gasteiger partial charge in [0.15, 0.2) is 0 Å². The minimum atomic E-state index is 0.400. The van der Waals surface area contributed by atoms with Crippen molar-refractivity contribution in [2.75, 3.05) is 19.6 Å². The summed E-state index contributed by atoms with van der Waals surface area (Å²) in [4.78, 5) is 2.66. The lowest BCUT2D eigenvalue weighted by atomic mass is 9.97. The molecule has 0 aromatic carbocycles. The molecule has 1 rings (SSSR count). The van der Waals surface area contributed by atoms with Crippen LogP contribution in [0.3, 0.4) is 0 Å². The fourth-order valence-electron chi connectivity index (χ4n) is 2.60. The highest BCUT2D eigenvalue weighted by Crippen LogP contribution is 2.25. The van der Waals surface area contributed by atoms with Crippen molar-refractivity contribution in [3.8, 4) is 0 Å². The van der Waals surface area contributed by atoms with Crippen molar-refractivity contribution in [3.05, 3.63) is 0 Å². The van der Waals surface area contributed by atoms with Gasteiger partial charge in [0.05, 0.1) is 0 Å². The Bertz CT molecular complexity index is 177. The molecule has 1 fully saturated rings. The molecule has 0 aromatic heterocycles. The summed E-state index contributed by atoms with van der Waals surface area (Å²) in [6, 6.07) is 0.737. The van der Waals surface area contributed by atoms with E-state index in [0.717, 1.165) is 6.04 Å². The maximum absolute atomic E-state index is 3.63. The van der Waals surface area contributed by atoms with Crippen LogP contribution in [0.2, 0.25) is 0 Å². The van der Waals surface area contributed by atoms with Gasteiger partial charge >= 0.3 is 0 Å². The highest BCUT2D eigenvalue weighted by molar-refractivity contribution is 4.90. The van der Waals surface area contributed by atoms with Crippen LogP contribution in [0.15, 0.2) is 0 Å².